The van der Waals surface area contributed by atoms with E-state index in [0.717, 1.165) is 21.1 Å². The number of aromatic amines is 1. The molecule has 3 aromatic heterocycles. The Hall–Kier alpha value is -3.64. The molecule has 0 aliphatic carbocycles. The lowest BCUT2D eigenvalue weighted by molar-refractivity contribution is 0.0593. The SMILES string of the molecule is COC(=O)c1c(N)c(C#N)cn1-c1ccc2nc(-c3cncc(Br)c3)[nH]c2c1. The van der Waals surface area contributed by atoms with Gasteiger partial charge in [-0.25, -0.2) is 9.78 Å². The summed E-state index contributed by atoms with van der Waals surface area (Å²) in [5, 5.41) is 9.26. The number of rotatable bonds is 3. The van der Waals surface area contributed by atoms with E-state index in [4.69, 9.17) is 10.5 Å². The number of nitrogens with one attached hydrogen (secondary N) is 1. The molecule has 1 aromatic carbocycles. The maximum absolute atomic E-state index is 12.2. The molecule has 0 atom stereocenters. The number of fused-ring (bicyclic) bond motifs is 1. The number of H-pyrrole nitrogens is 1. The highest BCUT2D eigenvalue weighted by atomic mass is 79.9. The number of ether oxygens (including phenoxy) is 1. The van der Waals surface area contributed by atoms with E-state index in [1.165, 1.54) is 13.3 Å². The van der Waals surface area contributed by atoms with Crippen LogP contribution >= 0.6 is 15.9 Å². The fourth-order valence-corrected chi connectivity index (χ4v) is 3.31. The van der Waals surface area contributed by atoms with Crippen molar-refractivity contribution in [2.75, 3.05) is 12.8 Å². The molecular formula is C19H13BrN6O2. The summed E-state index contributed by atoms with van der Waals surface area (Å²) in [4.78, 5) is 24.2. The van der Waals surface area contributed by atoms with Gasteiger partial charge in [0.1, 0.15) is 11.9 Å². The number of aromatic nitrogens is 4. The van der Waals surface area contributed by atoms with Crippen LogP contribution in [0.1, 0.15) is 16.1 Å². The quantitative estimate of drug-likeness (QED) is 0.474. The number of nitrogens with two attached hydrogens (primary N) is 1. The Kier molecular flexibility index (Phi) is 4.33. The Bertz CT molecular complexity index is 1270. The van der Waals surface area contributed by atoms with Crippen molar-refractivity contribution in [1.29, 1.82) is 5.26 Å². The molecule has 4 rings (SSSR count). The third kappa shape index (κ3) is 2.90. The summed E-state index contributed by atoms with van der Waals surface area (Å²) in [6.07, 6.45) is 4.92. The average molecular weight is 437 g/mol. The predicted octanol–water partition coefficient (Wildman–Crippen LogP) is 3.42. The van der Waals surface area contributed by atoms with Crippen LogP contribution in [0, 0.1) is 11.3 Å². The molecule has 28 heavy (non-hydrogen) atoms. The topological polar surface area (TPSA) is 123 Å². The van der Waals surface area contributed by atoms with Crippen molar-refractivity contribution in [3.63, 3.8) is 0 Å². The van der Waals surface area contributed by atoms with Crippen LogP contribution in [0.25, 0.3) is 28.1 Å². The first-order valence-electron chi connectivity index (χ1n) is 8.12. The molecule has 0 radical (unpaired) electrons. The number of nitriles is 1. The molecule has 4 aromatic rings. The Morgan fingerprint density at radius 2 is 2.18 bits per heavy atom. The number of methoxy groups -OCH3 is 1. The molecule has 3 heterocycles. The standard InChI is InChI=1S/C19H13BrN6O2/c1-28-19(27)17-16(22)11(6-21)9-26(17)13-2-3-14-15(5-13)25-18(24-14)10-4-12(20)8-23-7-10/h2-5,7-9H,22H2,1H3,(H,24,25). The maximum Gasteiger partial charge on any atom is 0.357 e. The summed E-state index contributed by atoms with van der Waals surface area (Å²) in [5.74, 6) is 0.0449. The molecular weight excluding hydrogens is 424 g/mol. The van der Waals surface area contributed by atoms with Gasteiger partial charge in [0.15, 0.2) is 5.69 Å². The van der Waals surface area contributed by atoms with Gasteiger partial charge in [-0.2, -0.15) is 5.26 Å². The number of nitrogens with zero attached hydrogens (tertiary/aromatic N) is 4. The van der Waals surface area contributed by atoms with Crippen molar-refractivity contribution in [3.05, 3.63) is 58.6 Å². The number of imidazole rings is 1. The average Bonchev–Trinajstić information content (AvgIpc) is 3.27. The molecule has 0 unspecified atom stereocenters. The van der Waals surface area contributed by atoms with E-state index in [1.807, 2.05) is 24.3 Å². The molecule has 0 aliphatic heterocycles. The summed E-state index contributed by atoms with van der Waals surface area (Å²) in [6.45, 7) is 0. The molecule has 9 heteroatoms. The normalized spacial score (nSPS) is 10.8. The van der Waals surface area contributed by atoms with Crippen LogP contribution in [0.3, 0.4) is 0 Å². The molecule has 0 fully saturated rings. The van der Waals surface area contributed by atoms with Gasteiger partial charge in [0.25, 0.3) is 0 Å². The van der Waals surface area contributed by atoms with E-state index >= 15 is 0 Å². The first-order valence-corrected chi connectivity index (χ1v) is 8.91. The number of benzene rings is 1. The monoisotopic (exact) mass is 436 g/mol. The van der Waals surface area contributed by atoms with Crippen LogP contribution in [0.4, 0.5) is 5.69 Å². The minimum Gasteiger partial charge on any atom is -0.464 e. The lowest BCUT2D eigenvalue weighted by Crippen LogP contribution is -2.11. The second-order valence-corrected chi connectivity index (χ2v) is 6.87. The van der Waals surface area contributed by atoms with Gasteiger partial charge in [0.05, 0.1) is 29.4 Å². The van der Waals surface area contributed by atoms with Gasteiger partial charge in [-0.3, -0.25) is 4.98 Å². The first kappa shape index (κ1) is 17.8. The second kappa shape index (κ2) is 6.83. The van der Waals surface area contributed by atoms with Gasteiger partial charge >= 0.3 is 5.97 Å². The van der Waals surface area contributed by atoms with Gasteiger partial charge in [0.2, 0.25) is 0 Å². The van der Waals surface area contributed by atoms with E-state index in [2.05, 4.69) is 30.9 Å². The number of esters is 1. The maximum atomic E-state index is 12.2. The number of hydrogen-bond donors (Lipinski definition) is 2. The molecule has 8 nitrogen and oxygen atoms in total. The van der Waals surface area contributed by atoms with E-state index < -0.39 is 5.97 Å². The molecule has 0 amide bonds. The molecule has 138 valence electrons. The van der Waals surface area contributed by atoms with Gasteiger partial charge in [-0.05, 0) is 40.2 Å². The number of halogens is 1. The third-order valence-corrected chi connectivity index (χ3v) is 4.70. The van der Waals surface area contributed by atoms with Crippen LogP contribution in [0.2, 0.25) is 0 Å². The zero-order valence-corrected chi connectivity index (χ0v) is 16.2. The van der Waals surface area contributed by atoms with Crippen LogP contribution in [-0.2, 0) is 4.74 Å². The molecule has 3 N–H and O–H groups in total. The van der Waals surface area contributed by atoms with Crippen molar-refractivity contribution in [2.45, 2.75) is 0 Å². The van der Waals surface area contributed by atoms with E-state index in [1.54, 1.807) is 23.0 Å². The zero-order valence-electron chi connectivity index (χ0n) is 14.6. The molecule has 0 spiro atoms. The molecule has 0 saturated heterocycles. The lowest BCUT2D eigenvalue weighted by atomic mass is 10.2. The Balaban J connectivity index is 1.85. The lowest BCUT2D eigenvalue weighted by Gasteiger charge is -2.08. The molecule has 0 saturated carbocycles. The second-order valence-electron chi connectivity index (χ2n) is 5.96. The van der Waals surface area contributed by atoms with Crippen LogP contribution in [0.15, 0.2) is 47.3 Å². The Labute approximate surface area is 167 Å². The van der Waals surface area contributed by atoms with E-state index in [0.29, 0.717) is 11.5 Å². The van der Waals surface area contributed by atoms with Gasteiger partial charge in [0, 0.05) is 34.3 Å². The van der Waals surface area contributed by atoms with Gasteiger partial charge < -0.3 is 20.0 Å². The summed E-state index contributed by atoms with van der Waals surface area (Å²) in [5.41, 5.74) is 9.33. The first-order chi connectivity index (χ1) is 13.5. The number of pyridine rings is 1. The fourth-order valence-electron chi connectivity index (χ4n) is 2.94. The number of nitrogen functional groups attached to an aromatic ring is 1. The number of carbonyl (C=O) groups is 1. The highest BCUT2D eigenvalue weighted by Crippen LogP contribution is 2.28. The van der Waals surface area contributed by atoms with Crippen molar-refractivity contribution < 1.29 is 9.53 Å². The van der Waals surface area contributed by atoms with Crippen molar-refractivity contribution >= 4 is 38.6 Å². The summed E-state index contributed by atoms with van der Waals surface area (Å²) >= 11 is 3.40. The van der Waals surface area contributed by atoms with E-state index in [9.17, 15) is 10.1 Å². The highest BCUT2D eigenvalue weighted by molar-refractivity contribution is 9.10. The summed E-state index contributed by atoms with van der Waals surface area (Å²) < 4.78 is 7.21. The fraction of sp³-hybridized carbons (Fsp3) is 0.0526. The summed E-state index contributed by atoms with van der Waals surface area (Å²) in [6, 6.07) is 9.33. The van der Waals surface area contributed by atoms with Crippen LogP contribution in [-0.4, -0.2) is 32.6 Å². The highest BCUT2D eigenvalue weighted by Gasteiger charge is 2.22. The van der Waals surface area contributed by atoms with E-state index in [-0.39, 0.29) is 16.9 Å². The minimum atomic E-state index is -0.621. The van der Waals surface area contributed by atoms with Crippen molar-refractivity contribution in [1.82, 2.24) is 19.5 Å². The predicted molar refractivity (Wildman–Crippen MR) is 107 cm³/mol. The minimum absolute atomic E-state index is 0.0833. The third-order valence-electron chi connectivity index (χ3n) is 4.27. The number of carbonyl (C=O) groups excluding carboxylic acids is 1. The zero-order chi connectivity index (χ0) is 19.8. The van der Waals surface area contributed by atoms with Gasteiger partial charge in [-0.1, -0.05) is 0 Å². The number of hydrogen-bond acceptors (Lipinski definition) is 6. The molecule has 0 aliphatic rings. The van der Waals surface area contributed by atoms with Crippen LogP contribution in [0.5, 0.6) is 0 Å². The smallest absolute Gasteiger partial charge is 0.357 e. The Morgan fingerprint density at radius 3 is 2.89 bits per heavy atom. The Morgan fingerprint density at radius 1 is 1.36 bits per heavy atom. The van der Waals surface area contributed by atoms with Gasteiger partial charge in [-0.15, -0.1) is 0 Å². The largest absolute Gasteiger partial charge is 0.464 e. The van der Waals surface area contributed by atoms with Crippen molar-refractivity contribution in [3.8, 4) is 23.1 Å². The van der Waals surface area contributed by atoms with Crippen molar-refractivity contribution in [2.24, 2.45) is 0 Å². The molecule has 0 bridgehead atoms. The summed E-state index contributed by atoms with van der Waals surface area (Å²) in [7, 11) is 1.27. The number of anilines is 1. The van der Waals surface area contributed by atoms with Crippen LogP contribution < -0.4 is 5.73 Å².